The Bertz CT molecular complexity index is 1610. The predicted octanol–water partition coefficient (Wildman–Crippen LogP) is 4.71. The van der Waals surface area contributed by atoms with Crippen molar-refractivity contribution >= 4 is 23.2 Å². The van der Waals surface area contributed by atoms with E-state index in [1.807, 2.05) is 49.7 Å². The third-order valence-electron chi connectivity index (χ3n) is 7.33. The number of hydrogen-bond donors (Lipinski definition) is 2. The normalized spacial score (nSPS) is 21.8. The van der Waals surface area contributed by atoms with Crippen LogP contribution in [0.25, 0.3) is 17.2 Å². The number of imidazole rings is 1. The highest BCUT2D eigenvalue weighted by atomic mass is 16.5. The molecule has 37 heavy (non-hydrogen) atoms. The first-order valence-corrected chi connectivity index (χ1v) is 12.1. The summed E-state index contributed by atoms with van der Waals surface area (Å²) in [4.78, 5) is 14.3. The van der Waals surface area contributed by atoms with E-state index in [-0.39, 0.29) is 11.0 Å². The second-order valence-corrected chi connectivity index (χ2v) is 10.3. The molecule has 1 aromatic carbocycles. The number of anilines is 1. The van der Waals surface area contributed by atoms with E-state index in [1.165, 1.54) is 6.08 Å². The van der Waals surface area contributed by atoms with E-state index in [9.17, 15) is 5.26 Å². The number of ether oxygens (including phenoxy) is 1. The summed E-state index contributed by atoms with van der Waals surface area (Å²) in [5.41, 5.74) is 4.69. The Kier molecular flexibility index (Phi) is 5.02. The van der Waals surface area contributed by atoms with Crippen molar-refractivity contribution in [3.8, 4) is 23.8 Å². The second kappa shape index (κ2) is 8.17. The van der Waals surface area contributed by atoms with Gasteiger partial charge in [-0.15, -0.1) is 0 Å². The lowest BCUT2D eigenvalue weighted by molar-refractivity contribution is -0.0665. The molecule has 3 aromatic heterocycles. The van der Waals surface area contributed by atoms with Crippen LogP contribution < -0.4 is 10.1 Å². The number of aryl methyl sites for hydroxylation is 3. The molecule has 0 atom stereocenters. The van der Waals surface area contributed by atoms with E-state index in [0.29, 0.717) is 35.3 Å². The first kappa shape index (κ1) is 22.7. The molecular formula is C27H25N9O. The van der Waals surface area contributed by atoms with Gasteiger partial charge in [0.2, 0.25) is 5.95 Å². The summed E-state index contributed by atoms with van der Waals surface area (Å²) in [5, 5.41) is 28.7. The molecule has 0 saturated heterocycles. The van der Waals surface area contributed by atoms with E-state index in [4.69, 9.17) is 25.0 Å². The fraction of sp³-hybridized carbons (Fsp3) is 0.333. The molecule has 3 fully saturated rings. The van der Waals surface area contributed by atoms with Crippen molar-refractivity contribution in [2.24, 2.45) is 5.41 Å². The summed E-state index contributed by atoms with van der Waals surface area (Å²) in [6.07, 6.45) is 9.26. The molecule has 0 unspecified atom stereocenters. The molecule has 0 aliphatic heterocycles. The van der Waals surface area contributed by atoms with Crippen molar-refractivity contribution in [3.05, 3.63) is 58.7 Å². The smallest absolute Gasteiger partial charge is 0.250 e. The van der Waals surface area contributed by atoms with Crippen LogP contribution in [0, 0.1) is 48.8 Å². The molecule has 3 heterocycles. The van der Waals surface area contributed by atoms with E-state index < -0.39 is 0 Å². The van der Waals surface area contributed by atoms with Gasteiger partial charge in [0.05, 0.1) is 30.3 Å². The van der Waals surface area contributed by atoms with Crippen molar-refractivity contribution in [1.29, 1.82) is 10.5 Å². The number of hydrogen-bond acceptors (Lipinski definition) is 8. The van der Waals surface area contributed by atoms with Gasteiger partial charge in [0.1, 0.15) is 11.6 Å². The van der Waals surface area contributed by atoms with Gasteiger partial charge in [0.15, 0.2) is 11.2 Å². The summed E-state index contributed by atoms with van der Waals surface area (Å²) in [6, 6.07) is 8.42. The Hall–Kier alpha value is -4.70. The van der Waals surface area contributed by atoms with Gasteiger partial charge in [-0.1, -0.05) is 0 Å². The molecule has 4 aromatic rings. The number of nitriles is 2. The van der Waals surface area contributed by atoms with Gasteiger partial charge in [-0.3, -0.25) is 5.10 Å². The van der Waals surface area contributed by atoms with Crippen LogP contribution in [0.4, 0.5) is 5.95 Å². The SMILES string of the molecule is Cc1cc(/C=C/C#N)cc(C)c1Oc1nc(NC23CC(C#N)(C2)C3)nc2nc(C)n(Cc3cn[nH]c3)c12. The lowest BCUT2D eigenvalue weighted by Gasteiger charge is -2.66. The number of aromatic nitrogens is 6. The molecule has 0 amide bonds. The summed E-state index contributed by atoms with van der Waals surface area (Å²) in [5.74, 6) is 2.34. The number of aromatic amines is 1. The van der Waals surface area contributed by atoms with E-state index in [0.717, 1.165) is 47.3 Å². The van der Waals surface area contributed by atoms with Crippen molar-refractivity contribution in [2.75, 3.05) is 5.32 Å². The topological polar surface area (TPSA) is 141 Å². The standard InChI is InChI=1S/C27H25N9O/c1-16-7-19(5-4-6-28)8-17(2)22(16)37-24-21-23(32-18(3)36(21)11-20-9-30-31-10-20)33-25(34-24)35-27-12-26(13-27,14-27)15-29/h4-5,7-10H,11-14H2,1-3H3,(H,30,31)(H,33,34,35)/b5-4+. The van der Waals surface area contributed by atoms with Crippen LogP contribution in [0.1, 0.15) is 47.3 Å². The Balaban J connectivity index is 1.43. The van der Waals surface area contributed by atoms with Gasteiger partial charge < -0.3 is 14.6 Å². The molecule has 184 valence electrons. The van der Waals surface area contributed by atoms with Gasteiger partial charge in [-0.2, -0.15) is 25.6 Å². The second-order valence-electron chi connectivity index (χ2n) is 10.3. The molecule has 3 saturated carbocycles. The lowest BCUT2D eigenvalue weighted by Crippen LogP contribution is -2.70. The van der Waals surface area contributed by atoms with Crippen LogP contribution >= 0.6 is 0 Å². The van der Waals surface area contributed by atoms with E-state index >= 15 is 0 Å². The molecule has 0 spiro atoms. The van der Waals surface area contributed by atoms with Crippen LogP contribution in [-0.2, 0) is 6.54 Å². The van der Waals surface area contributed by atoms with Crippen molar-refractivity contribution < 1.29 is 4.74 Å². The number of allylic oxidation sites excluding steroid dienone is 1. The van der Waals surface area contributed by atoms with Crippen LogP contribution in [0.3, 0.4) is 0 Å². The average molecular weight is 492 g/mol. The zero-order chi connectivity index (χ0) is 25.8. The largest absolute Gasteiger partial charge is 0.436 e. The fourth-order valence-electron chi connectivity index (χ4n) is 5.73. The van der Waals surface area contributed by atoms with Gasteiger partial charge in [0.25, 0.3) is 5.88 Å². The Morgan fingerprint density at radius 1 is 1.14 bits per heavy atom. The maximum atomic E-state index is 9.40. The van der Waals surface area contributed by atoms with E-state index in [2.05, 4.69) is 21.6 Å². The number of fused-ring (bicyclic) bond motifs is 1. The van der Waals surface area contributed by atoms with Gasteiger partial charge in [0, 0.05) is 23.4 Å². The zero-order valence-electron chi connectivity index (χ0n) is 20.8. The minimum absolute atomic E-state index is 0.129. The molecule has 2 N–H and O–H groups in total. The van der Waals surface area contributed by atoms with Gasteiger partial charge >= 0.3 is 0 Å². The van der Waals surface area contributed by atoms with Gasteiger partial charge in [-0.05, 0) is 74.9 Å². The number of benzene rings is 1. The maximum absolute atomic E-state index is 9.40. The minimum Gasteiger partial charge on any atom is -0.436 e. The monoisotopic (exact) mass is 491 g/mol. The highest BCUT2D eigenvalue weighted by Gasteiger charge is 2.69. The first-order chi connectivity index (χ1) is 17.8. The highest BCUT2D eigenvalue weighted by Crippen LogP contribution is 2.67. The van der Waals surface area contributed by atoms with Crippen molar-refractivity contribution in [2.45, 2.75) is 52.1 Å². The molecule has 0 radical (unpaired) electrons. The number of H-pyrrole nitrogens is 1. The van der Waals surface area contributed by atoms with Crippen molar-refractivity contribution in [1.82, 2.24) is 29.7 Å². The van der Waals surface area contributed by atoms with E-state index in [1.54, 1.807) is 12.3 Å². The van der Waals surface area contributed by atoms with Crippen LogP contribution in [-0.4, -0.2) is 35.3 Å². The molecule has 7 rings (SSSR count). The lowest BCUT2D eigenvalue weighted by atomic mass is 9.40. The van der Waals surface area contributed by atoms with Crippen LogP contribution in [0.15, 0.2) is 30.6 Å². The summed E-state index contributed by atoms with van der Waals surface area (Å²) in [6.45, 7) is 6.42. The molecule has 10 nitrogen and oxygen atoms in total. The minimum atomic E-state index is -0.185. The third-order valence-corrected chi connectivity index (χ3v) is 7.33. The number of nitrogens with zero attached hydrogens (tertiary/aromatic N) is 7. The van der Waals surface area contributed by atoms with Crippen molar-refractivity contribution in [3.63, 3.8) is 0 Å². The Labute approximate surface area is 213 Å². The fourth-order valence-corrected chi connectivity index (χ4v) is 5.73. The summed E-state index contributed by atoms with van der Waals surface area (Å²) < 4.78 is 8.56. The maximum Gasteiger partial charge on any atom is 0.250 e. The molecular weight excluding hydrogens is 466 g/mol. The molecule has 2 bridgehead atoms. The first-order valence-electron chi connectivity index (χ1n) is 12.1. The summed E-state index contributed by atoms with van der Waals surface area (Å²) >= 11 is 0. The number of rotatable bonds is 7. The Morgan fingerprint density at radius 2 is 1.89 bits per heavy atom. The quantitative estimate of drug-likeness (QED) is 0.354. The van der Waals surface area contributed by atoms with Crippen LogP contribution in [0.5, 0.6) is 11.6 Å². The van der Waals surface area contributed by atoms with Crippen LogP contribution in [0.2, 0.25) is 0 Å². The summed E-state index contributed by atoms with van der Waals surface area (Å²) in [7, 11) is 0. The number of nitrogens with one attached hydrogen (secondary N) is 2. The molecule has 10 heteroatoms. The zero-order valence-corrected chi connectivity index (χ0v) is 20.8. The van der Waals surface area contributed by atoms with Gasteiger partial charge in [-0.25, -0.2) is 4.98 Å². The highest BCUT2D eigenvalue weighted by molar-refractivity contribution is 5.79. The molecule has 3 aliphatic rings. The Morgan fingerprint density at radius 3 is 2.54 bits per heavy atom. The average Bonchev–Trinajstić information content (AvgIpc) is 3.44. The third kappa shape index (κ3) is 3.78. The molecule has 3 aliphatic carbocycles. The predicted molar refractivity (Wildman–Crippen MR) is 137 cm³/mol.